The molecule has 1 aromatic heterocycles. The molecule has 3 aromatic carbocycles. The fraction of sp³-hybridized carbons (Fsp3) is 0.419. The first-order chi connectivity index (χ1) is 29.3. The van der Waals surface area contributed by atoms with Crippen molar-refractivity contribution < 1.29 is 57.4 Å². The molecule has 0 aliphatic carbocycles. The Kier molecular flexibility index (Phi) is 16.0. The minimum absolute atomic E-state index is 0.0515. The van der Waals surface area contributed by atoms with Crippen LogP contribution in [0.5, 0.6) is 0 Å². The lowest BCUT2D eigenvalue weighted by atomic mass is 9.84. The van der Waals surface area contributed by atoms with Gasteiger partial charge in [-0.2, -0.15) is 0 Å². The van der Waals surface area contributed by atoms with Crippen LogP contribution in [-0.4, -0.2) is 93.2 Å². The van der Waals surface area contributed by atoms with Crippen LogP contribution in [0.3, 0.4) is 0 Å². The topological polar surface area (TPSA) is 191 Å². The second kappa shape index (κ2) is 21.3. The Bertz CT molecular complexity index is 2160. The van der Waals surface area contributed by atoms with Crippen molar-refractivity contribution in [2.24, 2.45) is 0 Å². The van der Waals surface area contributed by atoms with Crippen LogP contribution < -0.4 is 5.32 Å². The van der Waals surface area contributed by atoms with E-state index < -0.39 is 66.8 Å². The highest BCUT2D eigenvalue weighted by Crippen LogP contribution is 2.48. The van der Waals surface area contributed by atoms with E-state index in [1.807, 2.05) is 73.7 Å². The standard InChI is InChI=1S/C43H47N3O12S3/c1-23-45-46-43(61-23)60-22-35-37(29-10-7-6-8-11-29)38(30-16-14-28(20-47)15-17-30)58-42(57-35)31-12-9-13-32(18-31)44-36(59)19-33-39(53-25(3)49)41(55-27(5)51)40(54-26(4)50)34(56-33)21-52-24(2)48/h6-18,33-35,37-42,47H,19-22H2,1-5H3,(H,44,59). The first kappa shape index (κ1) is 45.7. The number of hydrogen-bond acceptors (Lipinski definition) is 17. The van der Waals surface area contributed by atoms with E-state index >= 15 is 0 Å². The van der Waals surface area contributed by atoms with Gasteiger partial charge >= 0.3 is 23.9 Å². The maximum absolute atomic E-state index is 12.4. The zero-order valence-electron chi connectivity index (χ0n) is 34.1. The van der Waals surface area contributed by atoms with Gasteiger partial charge in [-0.25, -0.2) is 0 Å². The number of aliphatic hydroxyl groups excluding tert-OH is 1. The number of aryl methyl sites for hydroxylation is 1. The van der Waals surface area contributed by atoms with Crippen molar-refractivity contribution in [3.05, 3.63) is 106 Å². The summed E-state index contributed by atoms with van der Waals surface area (Å²) < 4.78 is 42.8. The molecule has 324 valence electrons. The number of nitrogens with one attached hydrogen (secondary N) is 1. The summed E-state index contributed by atoms with van der Waals surface area (Å²) in [5.41, 5.74) is 4.02. The summed E-state index contributed by atoms with van der Waals surface area (Å²) in [6.07, 6.45) is -7.65. The third-order valence-corrected chi connectivity index (χ3v) is 12.1. The summed E-state index contributed by atoms with van der Waals surface area (Å²) in [5.74, 6) is -2.44. The molecule has 2 aliphatic rings. The number of nitrogens with zero attached hydrogens (tertiary/aromatic N) is 2. The maximum Gasteiger partial charge on any atom is 0.303 e. The minimum Gasteiger partial charge on any atom is -0.463 e. The molecule has 4 aromatic rings. The molecule has 3 heterocycles. The molecule has 0 saturated carbocycles. The van der Waals surface area contributed by atoms with Crippen LogP contribution in [0.25, 0.3) is 0 Å². The average molecular weight is 894 g/mol. The van der Waals surface area contributed by atoms with Gasteiger partial charge in [-0.15, -0.1) is 10.2 Å². The first-order valence-electron chi connectivity index (χ1n) is 19.5. The number of thioether (sulfide) groups is 1. The van der Waals surface area contributed by atoms with Crippen LogP contribution in [-0.2, 0) is 58.9 Å². The van der Waals surface area contributed by atoms with E-state index in [0.717, 1.165) is 39.9 Å². The molecule has 2 N–H and O–H groups in total. The third kappa shape index (κ3) is 12.4. The Balaban J connectivity index is 1.27. The van der Waals surface area contributed by atoms with Gasteiger partial charge in [0.15, 0.2) is 28.9 Å². The number of carbonyl (C=O) groups is 4. The van der Waals surface area contributed by atoms with Crippen molar-refractivity contribution in [3.63, 3.8) is 0 Å². The van der Waals surface area contributed by atoms with Gasteiger partial charge in [-0.05, 0) is 35.7 Å². The molecular formula is C43H47N3O12S3. The Morgan fingerprint density at radius 3 is 2.03 bits per heavy atom. The van der Waals surface area contributed by atoms with Crippen molar-refractivity contribution in [2.75, 3.05) is 17.7 Å². The van der Waals surface area contributed by atoms with Crippen molar-refractivity contribution in [2.45, 2.75) is 107 Å². The third-order valence-electron chi connectivity index (χ3n) is 9.77. The van der Waals surface area contributed by atoms with E-state index in [9.17, 15) is 24.3 Å². The average Bonchev–Trinajstić information content (AvgIpc) is 3.65. The number of ether oxygens (including phenoxy) is 7. The molecule has 6 rings (SSSR count). The van der Waals surface area contributed by atoms with E-state index in [2.05, 4.69) is 27.6 Å². The number of thiocarbonyl (C=S) groups is 1. The fourth-order valence-electron chi connectivity index (χ4n) is 7.28. The monoisotopic (exact) mass is 893 g/mol. The Hall–Kier alpha value is -4.82. The molecular weight excluding hydrogens is 847 g/mol. The highest BCUT2D eigenvalue weighted by Gasteiger charge is 2.52. The Labute approximate surface area is 366 Å². The highest BCUT2D eigenvalue weighted by atomic mass is 32.2. The SMILES string of the molecule is CC(=O)OCC1OC(CC(=S)Nc2cccc(C3OC(CSc4nnc(C)s4)C(c4ccccc4)C(c4ccc(CO)cc4)O3)c2)C(OC(C)=O)C(OC(C)=O)C1OC(C)=O. The number of benzene rings is 3. The molecule has 0 radical (unpaired) electrons. The van der Waals surface area contributed by atoms with Crippen LogP contribution in [0, 0.1) is 6.92 Å². The second-order valence-electron chi connectivity index (χ2n) is 14.4. The zero-order valence-corrected chi connectivity index (χ0v) is 36.5. The van der Waals surface area contributed by atoms with E-state index in [1.165, 1.54) is 25.2 Å². The fourth-order valence-corrected chi connectivity index (χ4v) is 9.47. The number of rotatable bonds is 15. The van der Waals surface area contributed by atoms with Crippen molar-refractivity contribution in [3.8, 4) is 0 Å². The smallest absolute Gasteiger partial charge is 0.303 e. The number of hydrogen-bond donors (Lipinski definition) is 2. The summed E-state index contributed by atoms with van der Waals surface area (Å²) >= 11 is 8.91. The van der Waals surface area contributed by atoms with Gasteiger partial charge < -0.3 is 43.6 Å². The lowest BCUT2D eigenvalue weighted by molar-refractivity contribution is -0.255. The molecule has 2 aliphatic heterocycles. The highest BCUT2D eigenvalue weighted by molar-refractivity contribution is 8.01. The van der Waals surface area contributed by atoms with Crippen molar-refractivity contribution in [1.82, 2.24) is 10.2 Å². The Morgan fingerprint density at radius 2 is 1.41 bits per heavy atom. The van der Waals surface area contributed by atoms with E-state index in [0.29, 0.717) is 17.0 Å². The van der Waals surface area contributed by atoms with E-state index in [-0.39, 0.29) is 36.6 Å². The summed E-state index contributed by atoms with van der Waals surface area (Å²) in [5, 5.41) is 22.4. The molecule has 0 amide bonds. The van der Waals surface area contributed by atoms with Crippen LogP contribution in [0.4, 0.5) is 5.69 Å². The van der Waals surface area contributed by atoms with E-state index in [1.54, 1.807) is 11.8 Å². The van der Waals surface area contributed by atoms with Crippen LogP contribution >= 0.6 is 35.3 Å². The number of aliphatic hydroxyl groups is 1. The van der Waals surface area contributed by atoms with Gasteiger partial charge in [-0.1, -0.05) is 102 Å². The number of carbonyl (C=O) groups excluding carboxylic acids is 4. The molecule has 9 atom stereocenters. The van der Waals surface area contributed by atoms with E-state index in [4.69, 9.17) is 45.4 Å². The number of esters is 4. The zero-order chi connectivity index (χ0) is 43.6. The molecule has 9 unspecified atom stereocenters. The molecule has 0 spiro atoms. The predicted molar refractivity (Wildman–Crippen MR) is 228 cm³/mol. The predicted octanol–water partition coefficient (Wildman–Crippen LogP) is 6.33. The summed E-state index contributed by atoms with van der Waals surface area (Å²) in [6, 6.07) is 25.2. The minimum atomic E-state index is -1.31. The van der Waals surface area contributed by atoms with Crippen LogP contribution in [0.15, 0.2) is 83.2 Å². The largest absolute Gasteiger partial charge is 0.463 e. The summed E-state index contributed by atoms with van der Waals surface area (Å²) in [6.45, 7) is 6.19. The summed E-state index contributed by atoms with van der Waals surface area (Å²) in [4.78, 5) is 48.9. The molecule has 61 heavy (non-hydrogen) atoms. The van der Waals surface area contributed by atoms with Gasteiger partial charge in [0.05, 0.1) is 23.8 Å². The molecule has 15 nitrogen and oxygen atoms in total. The number of anilines is 1. The van der Waals surface area contributed by atoms with Crippen molar-refractivity contribution in [1.29, 1.82) is 0 Å². The molecule has 2 fully saturated rings. The molecule has 18 heteroatoms. The quantitative estimate of drug-likeness (QED) is 0.0582. The van der Waals surface area contributed by atoms with Crippen LogP contribution in [0.2, 0.25) is 0 Å². The lowest BCUT2D eigenvalue weighted by Gasteiger charge is -2.44. The Morgan fingerprint density at radius 1 is 0.754 bits per heavy atom. The second-order valence-corrected chi connectivity index (χ2v) is 17.4. The maximum atomic E-state index is 12.4. The molecule has 0 bridgehead atoms. The first-order valence-corrected chi connectivity index (χ1v) is 21.7. The van der Waals surface area contributed by atoms with Crippen LogP contribution in [0.1, 0.15) is 79.7 Å². The van der Waals surface area contributed by atoms with Gasteiger partial charge in [-0.3, -0.25) is 19.2 Å². The molecule has 2 saturated heterocycles. The van der Waals surface area contributed by atoms with Gasteiger partial charge in [0, 0.05) is 57.0 Å². The van der Waals surface area contributed by atoms with Gasteiger partial charge in [0.25, 0.3) is 0 Å². The summed E-state index contributed by atoms with van der Waals surface area (Å²) in [7, 11) is 0. The van der Waals surface area contributed by atoms with Gasteiger partial charge in [0.2, 0.25) is 0 Å². The van der Waals surface area contributed by atoms with Gasteiger partial charge in [0.1, 0.15) is 23.8 Å². The number of aromatic nitrogens is 2. The normalized spacial score (nSPS) is 24.9. The van der Waals surface area contributed by atoms with Crippen molar-refractivity contribution >= 4 is 69.9 Å². The lowest BCUT2D eigenvalue weighted by Crippen LogP contribution is -2.62.